The predicted octanol–water partition coefficient (Wildman–Crippen LogP) is 5.19. The van der Waals surface area contributed by atoms with Crippen molar-refractivity contribution < 1.29 is 4.74 Å². The summed E-state index contributed by atoms with van der Waals surface area (Å²) in [6, 6.07) is 16.6. The van der Waals surface area contributed by atoms with E-state index in [1.807, 2.05) is 6.07 Å². The van der Waals surface area contributed by atoms with E-state index in [1.54, 1.807) is 11.3 Å². The molecule has 2 nitrogen and oxygen atoms in total. The predicted molar refractivity (Wildman–Crippen MR) is 95.2 cm³/mol. The molecule has 0 fully saturated rings. The van der Waals surface area contributed by atoms with Crippen molar-refractivity contribution >= 4 is 22.1 Å². The molecule has 0 saturated carbocycles. The zero-order chi connectivity index (χ0) is 15.4. The fraction of sp³-hybridized carbons (Fsp3) is 0.263. The summed E-state index contributed by atoms with van der Waals surface area (Å²) in [6.07, 6.45) is 2.22. The third kappa shape index (κ3) is 3.49. The van der Waals surface area contributed by atoms with Crippen LogP contribution in [0.15, 0.2) is 53.9 Å². The maximum absolute atomic E-state index is 6.22. The molecule has 0 amide bonds. The van der Waals surface area contributed by atoms with E-state index in [2.05, 4.69) is 66.8 Å². The molecule has 0 unspecified atom stereocenters. The highest BCUT2D eigenvalue weighted by Crippen LogP contribution is 2.34. The number of rotatable bonds is 6. The van der Waals surface area contributed by atoms with Gasteiger partial charge < -0.3 is 9.64 Å². The Bertz CT molecular complexity index is 743. The second-order valence-corrected chi connectivity index (χ2v) is 6.69. The van der Waals surface area contributed by atoms with Crippen molar-refractivity contribution in [3.8, 4) is 11.5 Å². The number of benzene rings is 2. The molecule has 0 saturated heterocycles. The van der Waals surface area contributed by atoms with Gasteiger partial charge in [-0.2, -0.15) is 0 Å². The lowest BCUT2D eigenvalue weighted by Crippen LogP contribution is -2.13. The first-order chi connectivity index (χ1) is 10.7. The third-order valence-corrected chi connectivity index (χ3v) is 4.65. The molecule has 22 heavy (non-hydrogen) atoms. The monoisotopic (exact) mass is 311 g/mol. The normalized spacial score (nSPS) is 11.2. The number of hydrogen-bond donors (Lipinski definition) is 0. The fourth-order valence-electron chi connectivity index (χ4n) is 2.56. The Balaban J connectivity index is 1.79. The lowest BCUT2D eigenvalue weighted by atomic mass is 10.1. The molecule has 0 spiro atoms. The zero-order valence-corrected chi connectivity index (χ0v) is 13.9. The van der Waals surface area contributed by atoms with Gasteiger partial charge in [-0.05, 0) is 56.4 Å². The summed E-state index contributed by atoms with van der Waals surface area (Å²) in [5, 5.41) is 4.49. The summed E-state index contributed by atoms with van der Waals surface area (Å²) in [5.41, 5.74) is 0. The van der Waals surface area contributed by atoms with E-state index in [1.165, 1.54) is 10.3 Å². The van der Waals surface area contributed by atoms with Crippen LogP contribution in [-0.4, -0.2) is 25.5 Å². The van der Waals surface area contributed by atoms with Crippen LogP contribution in [-0.2, 0) is 6.42 Å². The van der Waals surface area contributed by atoms with E-state index in [0.29, 0.717) is 0 Å². The summed E-state index contributed by atoms with van der Waals surface area (Å²) in [4.78, 5) is 3.55. The number of thiophene rings is 1. The minimum absolute atomic E-state index is 0.936. The number of ether oxygens (including phenoxy) is 1. The Morgan fingerprint density at radius 2 is 1.77 bits per heavy atom. The smallest absolute Gasteiger partial charge is 0.141 e. The van der Waals surface area contributed by atoms with Crippen LogP contribution >= 0.6 is 11.3 Å². The molecule has 2 aromatic carbocycles. The van der Waals surface area contributed by atoms with Gasteiger partial charge in [0.2, 0.25) is 0 Å². The largest absolute Gasteiger partial charge is 0.456 e. The second kappa shape index (κ2) is 6.95. The molecule has 3 rings (SSSR count). The molecular weight excluding hydrogens is 290 g/mol. The van der Waals surface area contributed by atoms with E-state index in [-0.39, 0.29) is 0 Å². The van der Waals surface area contributed by atoms with Crippen molar-refractivity contribution in [2.45, 2.75) is 12.8 Å². The van der Waals surface area contributed by atoms with Gasteiger partial charge in [0.05, 0.1) is 0 Å². The van der Waals surface area contributed by atoms with Gasteiger partial charge in [0, 0.05) is 10.3 Å². The lowest BCUT2D eigenvalue weighted by Gasteiger charge is -2.11. The van der Waals surface area contributed by atoms with Gasteiger partial charge in [-0.25, -0.2) is 0 Å². The minimum Gasteiger partial charge on any atom is -0.456 e. The first-order valence-corrected chi connectivity index (χ1v) is 8.49. The SMILES string of the molecule is CN(C)CCCc1sccc1Oc1cccc2ccccc12. The van der Waals surface area contributed by atoms with Gasteiger partial charge in [-0.15, -0.1) is 11.3 Å². The van der Waals surface area contributed by atoms with Crippen LogP contribution in [0.2, 0.25) is 0 Å². The lowest BCUT2D eigenvalue weighted by molar-refractivity contribution is 0.399. The van der Waals surface area contributed by atoms with E-state index < -0.39 is 0 Å². The molecule has 1 heterocycles. The topological polar surface area (TPSA) is 12.5 Å². The molecule has 1 aromatic heterocycles. The van der Waals surface area contributed by atoms with E-state index in [0.717, 1.165) is 36.3 Å². The van der Waals surface area contributed by atoms with Crippen LogP contribution in [0.4, 0.5) is 0 Å². The number of fused-ring (bicyclic) bond motifs is 1. The van der Waals surface area contributed by atoms with Crippen LogP contribution in [0.5, 0.6) is 11.5 Å². The molecule has 0 N–H and O–H groups in total. The van der Waals surface area contributed by atoms with Crippen molar-refractivity contribution in [1.82, 2.24) is 4.90 Å². The van der Waals surface area contributed by atoms with Crippen molar-refractivity contribution in [2.24, 2.45) is 0 Å². The Kier molecular flexibility index (Phi) is 4.76. The van der Waals surface area contributed by atoms with Crippen molar-refractivity contribution in [2.75, 3.05) is 20.6 Å². The standard InChI is InChI=1S/C19H21NOS/c1-20(2)13-6-11-19-18(12-14-22-19)21-17-10-5-8-15-7-3-4-9-16(15)17/h3-5,7-10,12,14H,6,11,13H2,1-2H3. The Hall–Kier alpha value is -1.84. The summed E-state index contributed by atoms with van der Waals surface area (Å²) in [7, 11) is 4.23. The molecule has 3 aromatic rings. The van der Waals surface area contributed by atoms with Crippen molar-refractivity contribution in [1.29, 1.82) is 0 Å². The van der Waals surface area contributed by atoms with Gasteiger partial charge in [0.1, 0.15) is 11.5 Å². The van der Waals surface area contributed by atoms with Gasteiger partial charge in [0.25, 0.3) is 0 Å². The highest BCUT2D eigenvalue weighted by molar-refractivity contribution is 7.10. The van der Waals surface area contributed by atoms with Crippen LogP contribution < -0.4 is 4.74 Å². The minimum atomic E-state index is 0.936. The van der Waals surface area contributed by atoms with Crippen LogP contribution in [0, 0.1) is 0 Å². The summed E-state index contributed by atoms with van der Waals surface area (Å²) >= 11 is 1.78. The fourth-order valence-corrected chi connectivity index (χ4v) is 3.40. The molecule has 114 valence electrons. The van der Waals surface area contributed by atoms with Crippen LogP contribution in [0.25, 0.3) is 10.8 Å². The first-order valence-electron chi connectivity index (χ1n) is 7.61. The van der Waals surface area contributed by atoms with E-state index in [4.69, 9.17) is 4.74 Å². The van der Waals surface area contributed by atoms with Crippen LogP contribution in [0.1, 0.15) is 11.3 Å². The summed E-state index contributed by atoms with van der Waals surface area (Å²) < 4.78 is 6.22. The molecule has 0 radical (unpaired) electrons. The molecule has 0 bridgehead atoms. The van der Waals surface area contributed by atoms with Gasteiger partial charge in [-0.1, -0.05) is 36.4 Å². The van der Waals surface area contributed by atoms with E-state index >= 15 is 0 Å². The maximum Gasteiger partial charge on any atom is 0.141 e. The summed E-state index contributed by atoms with van der Waals surface area (Å²) in [5.74, 6) is 1.94. The highest BCUT2D eigenvalue weighted by atomic mass is 32.1. The number of nitrogens with zero attached hydrogens (tertiary/aromatic N) is 1. The molecule has 0 aliphatic heterocycles. The Labute approximate surface area is 136 Å². The quantitative estimate of drug-likeness (QED) is 0.621. The molecule has 3 heteroatoms. The Morgan fingerprint density at radius 1 is 0.955 bits per heavy atom. The van der Waals surface area contributed by atoms with Crippen LogP contribution in [0.3, 0.4) is 0 Å². The first kappa shape index (κ1) is 15.1. The molecule has 0 aliphatic carbocycles. The molecule has 0 atom stereocenters. The van der Waals surface area contributed by atoms with Gasteiger partial charge in [0.15, 0.2) is 0 Å². The van der Waals surface area contributed by atoms with Gasteiger partial charge >= 0.3 is 0 Å². The molecule has 0 aliphatic rings. The zero-order valence-electron chi connectivity index (χ0n) is 13.1. The highest BCUT2D eigenvalue weighted by Gasteiger charge is 2.09. The number of hydrogen-bond acceptors (Lipinski definition) is 3. The number of aryl methyl sites for hydroxylation is 1. The average Bonchev–Trinajstić information content (AvgIpc) is 2.95. The maximum atomic E-state index is 6.22. The van der Waals surface area contributed by atoms with Crippen molar-refractivity contribution in [3.63, 3.8) is 0 Å². The Morgan fingerprint density at radius 3 is 2.64 bits per heavy atom. The van der Waals surface area contributed by atoms with Crippen molar-refractivity contribution in [3.05, 3.63) is 58.8 Å². The second-order valence-electron chi connectivity index (χ2n) is 5.69. The van der Waals surface area contributed by atoms with Gasteiger partial charge in [-0.3, -0.25) is 0 Å². The average molecular weight is 311 g/mol. The summed E-state index contributed by atoms with van der Waals surface area (Å²) in [6.45, 7) is 1.10. The molecular formula is C19H21NOS. The van der Waals surface area contributed by atoms with E-state index in [9.17, 15) is 0 Å². The third-order valence-electron chi connectivity index (χ3n) is 3.68.